The molecule has 0 aliphatic carbocycles. The van der Waals surface area contributed by atoms with E-state index in [1.54, 1.807) is 7.11 Å². The van der Waals surface area contributed by atoms with Gasteiger partial charge in [0.15, 0.2) is 0 Å². The van der Waals surface area contributed by atoms with Crippen LogP contribution in [0.15, 0.2) is 48.5 Å². The molecule has 2 aromatic rings. The van der Waals surface area contributed by atoms with Crippen LogP contribution in [0.25, 0.3) is 11.1 Å². The summed E-state index contributed by atoms with van der Waals surface area (Å²) in [7, 11) is 1.70. The Balaban J connectivity index is 1.47. The van der Waals surface area contributed by atoms with Crippen molar-refractivity contribution in [3.63, 3.8) is 0 Å². The van der Waals surface area contributed by atoms with Gasteiger partial charge in [0.2, 0.25) is 5.91 Å². The summed E-state index contributed by atoms with van der Waals surface area (Å²) in [4.78, 5) is 15.7. The minimum Gasteiger partial charge on any atom is -0.496 e. The first-order valence-electron chi connectivity index (χ1n) is 11.6. The molecule has 2 aliphatic rings. The molecule has 0 unspecified atom stereocenters. The normalized spacial score (nSPS) is 18.8. The van der Waals surface area contributed by atoms with Crippen LogP contribution in [-0.2, 0) is 20.7 Å². The maximum atomic E-state index is 13.4. The van der Waals surface area contributed by atoms with Crippen molar-refractivity contribution in [1.29, 1.82) is 0 Å². The Labute approximate surface area is 190 Å². The first-order chi connectivity index (χ1) is 15.7. The van der Waals surface area contributed by atoms with Crippen molar-refractivity contribution in [2.75, 3.05) is 59.7 Å². The third kappa shape index (κ3) is 5.49. The average molecular weight is 439 g/mol. The predicted octanol–water partition coefficient (Wildman–Crippen LogP) is 3.15. The summed E-state index contributed by atoms with van der Waals surface area (Å²) in [6, 6.07) is 16.5. The van der Waals surface area contributed by atoms with Gasteiger partial charge in [0.1, 0.15) is 5.75 Å². The van der Waals surface area contributed by atoms with Gasteiger partial charge in [0.05, 0.1) is 25.7 Å². The fourth-order valence-electron chi connectivity index (χ4n) is 4.71. The van der Waals surface area contributed by atoms with Crippen LogP contribution in [0.5, 0.6) is 5.75 Å². The highest BCUT2D eigenvalue weighted by Gasteiger charge is 2.40. The number of nitrogens with one attached hydrogen (secondary N) is 1. The van der Waals surface area contributed by atoms with Gasteiger partial charge in [0, 0.05) is 45.0 Å². The first-order valence-corrected chi connectivity index (χ1v) is 11.6. The van der Waals surface area contributed by atoms with E-state index in [4.69, 9.17) is 14.2 Å². The molecule has 2 heterocycles. The van der Waals surface area contributed by atoms with Gasteiger partial charge in [-0.25, -0.2) is 0 Å². The molecule has 2 aromatic carbocycles. The van der Waals surface area contributed by atoms with Crippen molar-refractivity contribution in [1.82, 2.24) is 10.2 Å². The molecule has 172 valence electrons. The van der Waals surface area contributed by atoms with Crippen LogP contribution in [0.1, 0.15) is 18.4 Å². The Kier molecular flexibility index (Phi) is 7.79. The summed E-state index contributed by atoms with van der Waals surface area (Å²) in [5.41, 5.74) is 2.91. The number of carbonyl (C=O) groups is 1. The van der Waals surface area contributed by atoms with Crippen LogP contribution in [0.2, 0.25) is 0 Å². The summed E-state index contributed by atoms with van der Waals surface area (Å²) in [6.07, 6.45) is 2.20. The number of benzene rings is 2. The van der Waals surface area contributed by atoms with E-state index < -0.39 is 5.41 Å². The standard InChI is InChI=1S/C26H34N2O4/c1-30-24-8-3-2-7-23(24)22-6-4-5-21(19-22)20-26(9-15-31-16-10-26)25(29)27-11-12-28-13-17-32-18-14-28/h2-8,19H,9-18,20H2,1H3,(H,27,29). The lowest BCUT2D eigenvalue weighted by molar-refractivity contribution is -0.136. The zero-order valence-electron chi connectivity index (χ0n) is 19.0. The summed E-state index contributed by atoms with van der Waals surface area (Å²) in [5.74, 6) is 1.00. The van der Waals surface area contributed by atoms with Gasteiger partial charge in [-0.3, -0.25) is 9.69 Å². The Morgan fingerprint density at radius 3 is 2.56 bits per heavy atom. The molecule has 4 rings (SSSR count). The second-order valence-electron chi connectivity index (χ2n) is 8.68. The molecule has 2 aliphatic heterocycles. The topological polar surface area (TPSA) is 60.0 Å². The summed E-state index contributed by atoms with van der Waals surface area (Å²) >= 11 is 0. The van der Waals surface area contributed by atoms with E-state index in [0.29, 0.717) is 26.2 Å². The second kappa shape index (κ2) is 10.9. The maximum absolute atomic E-state index is 13.4. The number of para-hydroxylation sites is 1. The van der Waals surface area contributed by atoms with Gasteiger partial charge in [-0.15, -0.1) is 0 Å². The van der Waals surface area contributed by atoms with E-state index in [1.807, 2.05) is 18.2 Å². The van der Waals surface area contributed by atoms with E-state index in [2.05, 4.69) is 40.5 Å². The van der Waals surface area contributed by atoms with Crippen LogP contribution in [0.3, 0.4) is 0 Å². The lowest BCUT2D eigenvalue weighted by atomic mass is 9.74. The maximum Gasteiger partial charge on any atom is 0.226 e. The lowest BCUT2D eigenvalue weighted by Gasteiger charge is -2.36. The van der Waals surface area contributed by atoms with Crippen LogP contribution < -0.4 is 10.1 Å². The van der Waals surface area contributed by atoms with Crippen molar-refractivity contribution in [3.8, 4) is 16.9 Å². The van der Waals surface area contributed by atoms with Crippen molar-refractivity contribution in [3.05, 3.63) is 54.1 Å². The highest BCUT2D eigenvalue weighted by molar-refractivity contribution is 5.83. The highest BCUT2D eigenvalue weighted by Crippen LogP contribution is 2.36. The van der Waals surface area contributed by atoms with Gasteiger partial charge >= 0.3 is 0 Å². The molecule has 2 saturated heterocycles. The number of amides is 1. The molecule has 0 bridgehead atoms. The number of ether oxygens (including phenoxy) is 3. The molecule has 0 aromatic heterocycles. The Morgan fingerprint density at radius 2 is 1.78 bits per heavy atom. The zero-order chi connectivity index (χ0) is 22.2. The number of rotatable bonds is 8. The van der Waals surface area contributed by atoms with Crippen molar-refractivity contribution >= 4 is 5.91 Å². The number of carbonyl (C=O) groups excluding carboxylic acids is 1. The summed E-state index contributed by atoms with van der Waals surface area (Å²) < 4.78 is 16.6. The van der Waals surface area contributed by atoms with Gasteiger partial charge in [0.25, 0.3) is 0 Å². The molecular weight excluding hydrogens is 404 g/mol. The minimum atomic E-state index is -0.428. The molecule has 2 fully saturated rings. The quantitative estimate of drug-likeness (QED) is 0.686. The first kappa shape index (κ1) is 22.8. The summed E-state index contributed by atoms with van der Waals surface area (Å²) in [5, 5.41) is 3.23. The molecule has 0 spiro atoms. The molecule has 6 nitrogen and oxygen atoms in total. The van der Waals surface area contributed by atoms with Crippen molar-refractivity contribution in [2.45, 2.75) is 19.3 Å². The summed E-state index contributed by atoms with van der Waals surface area (Å²) in [6.45, 7) is 6.21. The average Bonchev–Trinajstić information content (AvgIpc) is 2.85. The van der Waals surface area contributed by atoms with Crippen LogP contribution >= 0.6 is 0 Å². The molecular formula is C26H34N2O4. The molecule has 0 atom stereocenters. The van der Waals surface area contributed by atoms with Gasteiger partial charge in [-0.2, -0.15) is 0 Å². The van der Waals surface area contributed by atoms with Gasteiger partial charge in [-0.1, -0.05) is 42.5 Å². The Hall–Kier alpha value is -2.41. The zero-order valence-corrected chi connectivity index (χ0v) is 19.0. The van der Waals surface area contributed by atoms with E-state index in [-0.39, 0.29) is 5.91 Å². The molecule has 0 radical (unpaired) electrons. The number of hydrogen-bond acceptors (Lipinski definition) is 5. The molecule has 1 N–H and O–H groups in total. The number of methoxy groups -OCH3 is 1. The van der Waals surface area contributed by atoms with Gasteiger partial charge in [-0.05, 0) is 36.5 Å². The fourth-order valence-corrected chi connectivity index (χ4v) is 4.71. The Morgan fingerprint density at radius 1 is 1.03 bits per heavy atom. The van der Waals surface area contributed by atoms with Gasteiger partial charge < -0.3 is 19.5 Å². The van der Waals surface area contributed by atoms with Crippen LogP contribution in [0, 0.1) is 5.41 Å². The Bertz CT molecular complexity index is 889. The van der Waals surface area contributed by atoms with Crippen LogP contribution in [-0.4, -0.2) is 70.5 Å². The highest BCUT2D eigenvalue weighted by atomic mass is 16.5. The monoisotopic (exact) mass is 438 g/mol. The van der Waals surface area contributed by atoms with E-state index in [0.717, 1.165) is 62.6 Å². The number of hydrogen-bond donors (Lipinski definition) is 1. The third-order valence-electron chi connectivity index (χ3n) is 6.64. The molecule has 0 saturated carbocycles. The smallest absolute Gasteiger partial charge is 0.226 e. The van der Waals surface area contributed by atoms with Crippen molar-refractivity contribution in [2.24, 2.45) is 5.41 Å². The SMILES string of the molecule is COc1ccccc1-c1cccc(CC2(C(=O)NCCN3CCOCC3)CCOCC2)c1. The molecule has 1 amide bonds. The largest absolute Gasteiger partial charge is 0.496 e. The molecule has 6 heteroatoms. The number of morpholine rings is 1. The second-order valence-corrected chi connectivity index (χ2v) is 8.68. The van der Waals surface area contributed by atoms with E-state index >= 15 is 0 Å². The third-order valence-corrected chi connectivity index (χ3v) is 6.64. The lowest BCUT2D eigenvalue weighted by Crippen LogP contribution is -2.48. The van der Waals surface area contributed by atoms with Crippen molar-refractivity contribution < 1.29 is 19.0 Å². The van der Waals surface area contributed by atoms with E-state index in [9.17, 15) is 4.79 Å². The fraction of sp³-hybridized carbons (Fsp3) is 0.500. The molecule has 32 heavy (non-hydrogen) atoms. The van der Waals surface area contributed by atoms with Crippen LogP contribution in [0.4, 0.5) is 0 Å². The predicted molar refractivity (Wildman–Crippen MR) is 125 cm³/mol. The van der Waals surface area contributed by atoms with E-state index in [1.165, 1.54) is 5.56 Å². The minimum absolute atomic E-state index is 0.150. The number of nitrogens with zero attached hydrogens (tertiary/aromatic N) is 1.